The second-order valence-electron chi connectivity index (χ2n) is 6.57. The van der Waals surface area contributed by atoms with E-state index in [4.69, 9.17) is 5.26 Å². The van der Waals surface area contributed by atoms with Crippen LogP contribution in [0.25, 0.3) is 0 Å². The number of likely N-dealkylation sites (N-methyl/N-ethyl adjacent to an activating group) is 1. The lowest BCUT2D eigenvalue weighted by Crippen LogP contribution is -2.50. The molecule has 0 aliphatic carbocycles. The van der Waals surface area contributed by atoms with E-state index in [1.54, 1.807) is 18.3 Å². The van der Waals surface area contributed by atoms with Gasteiger partial charge in [-0.1, -0.05) is 34.1 Å². The van der Waals surface area contributed by atoms with Gasteiger partial charge in [0.1, 0.15) is 11.8 Å². The molecule has 2 aromatic carbocycles. The molecule has 0 saturated carbocycles. The van der Waals surface area contributed by atoms with Crippen molar-refractivity contribution in [2.75, 3.05) is 12.8 Å². The third-order valence-corrected chi connectivity index (χ3v) is 6.30. The molecule has 0 saturated heterocycles. The summed E-state index contributed by atoms with van der Waals surface area (Å²) in [4.78, 5) is 25.6. The zero-order valence-electron chi connectivity index (χ0n) is 16.7. The molecule has 0 unspecified atom stereocenters. The molecule has 2 amide bonds. The molecule has 2 rings (SSSR count). The Morgan fingerprint density at radius 1 is 1.19 bits per heavy atom. The number of sulfone groups is 1. The number of carbonyl (C=O) groups excluding carboxylic acids is 2. The van der Waals surface area contributed by atoms with Gasteiger partial charge in [0.2, 0.25) is 0 Å². The molecule has 1 atom stereocenters. The lowest BCUT2D eigenvalue weighted by Gasteiger charge is -2.20. The SMILES string of the molecule is CN(C#N)C(=O)[C@H](CS(=O)(=O)Cc1ccccc1OC(F)F)NC(=O)c1ccc(Br)cc1. The Morgan fingerprint density at radius 3 is 2.41 bits per heavy atom. The van der Waals surface area contributed by atoms with E-state index in [-0.39, 0.29) is 16.9 Å². The van der Waals surface area contributed by atoms with Crippen molar-refractivity contribution in [3.63, 3.8) is 0 Å². The first kappa shape index (κ1) is 25.2. The van der Waals surface area contributed by atoms with Gasteiger partial charge in [-0.15, -0.1) is 0 Å². The molecule has 170 valence electrons. The first-order valence-electron chi connectivity index (χ1n) is 8.99. The second kappa shape index (κ2) is 11.0. The van der Waals surface area contributed by atoms with Crippen molar-refractivity contribution in [3.8, 4) is 11.9 Å². The van der Waals surface area contributed by atoms with Gasteiger partial charge in [-0.2, -0.15) is 14.0 Å². The van der Waals surface area contributed by atoms with Crippen molar-refractivity contribution in [2.45, 2.75) is 18.4 Å². The highest BCUT2D eigenvalue weighted by molar-refractivity contribution is 9.10. The van der Waals surface area contributed by atoms with Gasteiger partial charge in [0.15, 0.2) is 16.0 Å². The standard InChI is InChI=1S/C20H18BrF2N3O5S/c1-26(12-24)19(28)16(25-18(27)13-6-8-15(21)9-7-13)11-32(29,30)10-14-4-2-3-5-17(14)31-20(22)23/h2-9,16,20H,10-11H2,1H3,(H,25,27)/t16-/m0/s1. The number of halogens is 3. The fourth-order valence-electron chi connectivity index (χ4n) is 2.68. The van der Waals surface area contributed by atoms with Crippen LogP contribution in [-0.2, 0) is 20.4 Å². The van der Waals surface area contributed by atoms with Crippen LogP contribution in [0.3, 0.4) is 0 Å². The average Bonchev–Trinajstić information content (AvgIpc) is 2.73. The number of ether oxygens (including phenoxy) is 1. The van der Waals surface area contributed by atoms with Gasteiger partial charge < -0.3 is 10.1 Å². The quantitative estimate of drug-likeness (QED) is 0.394. The summed E-state index contributed by atoms with van der Waals surface area (Å²) in [5.41, 5.74) is 0.130. The van der Waals surface area contributed by atoms with Crippen molar-refractivity contribution >= 4 is 37.6 Å². The summed E-state index contributed by atoms with van der Waals surface area (Å²) in [6.07, 6.45) is 1.56. The topological polar surface area (TPSA) is 117 Å². The van der Waals surface area contributed by atoms with Gasteiger partial charge in [0.05, 0.1) is 11.5 Å². The minimum absolute atomic E-state index is 0.0353. The van der Waals surface area contributed by atoms with E-state index in [0.29, 0.717) is 9.37 Å². The average molecular weight is 530 g/mol. The van der Waals surface area contributed by atoms with Crippen LogP contribution < -0.4 is 10.1 Å². The van der Waals surface area contributed by atoms with Crippen LogP contribution in [0.4, 0.5) is 8.78 Å². The molecule has 0 heterocycles. The number of nitrogens with one attached hydrogen (secondary N) is 1. The van der Waals surface area contributed by atoms with Crippen LogP contribution in [-0.4, -0.2) is 50.6 Å². The molecule has 0 bridgehead atoms. The number of hydrogen-bond donors (Lipinski definition) is 1. The molecule has 0 aromatic heterocycles. The third kappa shape index (κ3) is 7.28. The number of nitriles is 1. The Hall–Kier alpha value is -3.04. The number of benzene rings is 2. The molecule has 0 aliphatic rings. The van der Waals surface area contributed by atoms with Crippen molar-refractivity contribution < 1.29 is 31.5 Å². The molecule has 0 spiro atoms. The van der Waals surface area contributed by atoms with E-state index in [0.717, 1.165) is 7.05 Å². The van der Waals surface area contributed by atoms with E-state index < -0.39 is 45.8 Å². The lowest BCUT2D eigenvalue weighted by atomic mass is 10.2. The second-order valence-corrected chi connectivity index (χ2v) is 9.60. The summed E-state index contributed by atoms with van der Waals surface area (Å²) >= 11 is 3.22. The summed E-state index contributed by atoms with van der Waals surface area (Å²) in [7, 11) is -2.99. The van der Waals surface area contributed by atoms with Gasteiger partial charge in [-0.05, 0) is 30.3 Å². The smallest absolute Gasteiger partial charge is 0.387 e. The highest BCUT2D eigenvalue weighted by Crippen LogP contribution is 2.23. The van der Waals surface area contributed by atoms with Gasteiger partial charge >= 0.3 is 6.61 Å². The minimum atomic E-state index is -4.12. The van der Waals surface area contributed by atoms with Crippen molar-refractivity contribution in [2.24, 2.45) is 0 Å². The summed E-state index contributed by atoms with van der Waals surface area (Å²) in [6, 6.07) is 9.86. The number of rotatable bonds is 9. The molecule has 0 fully saturated rings. The number of amides is 2. The number of hydrogen-bond acceptors (Lipinski definition) is 6. The maximum Gasteiger partial charge on any atom is 0.387 e. The molecular formula is C20H18BrF2N3O5S. The Morgan fingerprint density at radius 2 is 1.81 bits per heavy atom. The van der Waals surface area contributed by atoms with Crippen molar-refractivity contribution in [3.05, 3.63) is 64.1 Å². The highest BCUT2D eigenvalue weighted by atomic mass is 79.9. The number of carbonyl (C=O) groups is 2. The van der Waals surface area contributed by atoms with E-state index in [1.807, 2.05) is 0 Å². The molecular weight excluding hydrogens is 512 g/mol. The molecule has 0 radical (unpaired) electrons. The van der Waals surface area contributed by atoms with Crippen LogP contribution in [0.1, 0.15) is 15.9 Å². The largest absolute Gasteiger partial charge is 0.435 e. The van der Waals surface area contributed by atoms with E-state index >= 15 is 0 Å². The van der Waals surface area contributed by atoms with Gasteiger partial charge in [0, 0.05) is 22.6 Å². The predicted molar refractivity (Wildman–Crippen MR) is 114 cm³/mol. The normalized spacial score (nSPS) is 12.0. The fourth-order valence-corrected chi connectivity index (χ4v) is 4.51. The first-order valence-corrected chi connectivity index (χ1v) is 11.6. The summed E-state index contributed by atoms with van der Waals surface area (Å²) in [5.74, 6) is -3.56. The monoisotopic (exact) mass is 529 g/mol. The van der Waals surface area contributed by atoms with Crippen LogP contribution in [0.15, 0.2) is 53.0 Å². The Labute approximate surface area is 191 Å². The van der Waals surface area contributed by atoms with Crippen molar-refractivity contribution in [1.29, 1.82) is 5.26 Å². The molecule has 1 N–H and O–H groups in total. The minimum Gasteiger partial charge on any atom is -0.435 e. The maximum absolute atomic E-state index is 12.8. The number of alkyl halides is 2. The summed E-state index contributed by atoms with van der Waals surface area (Å²) < 4.78 is 55.8. The van der Waals surface area contributed by atoms with Gasteiger partial charge in [-0.25, -0.2) is 8.42 Å². The summed E-state index contributed by atoms with van der Waals surface area (Å²) in [6.45, 7) is -3.15. The highest BCUT2D eigenvalue weighted by Gasteiger charge is 2.30. The fraction of sp³-hybridized carbons (Fsp3) is 0.250. The van der Waals surface area contributed by atoms with E-state index in [9.17, 15) is 26.8 Å². The zero-order chi connectivity index (χ0) is 23.9. The van der Waals surface area contributed by atoms with Crippen molar-refractivity contribution in [1.82, 2.24) is 10.2 Å². The number of para-hydroxylation sites is 1. The van der Waals surface area contributed by atoms with Gasteiger partial charge in [0.25, 0.3) is 11.8 Å². The molecule has 0 aliphatic heterocycles. The maximum atomic E-state index is 12.8. The van der Waals surface area contributed by atoms with Gasteiger partial charge in [-0.3, -0.25) is 14.5 Å². The first-order chi connectivity index (χ1) is 15.0. The number of nitrogens with zero attached hydrogens (tertiary/aromatic N) is 2. The third-order valence-electron chi connectivity index (χ3n) is 4.18. The van der Waals surface area contributed by atoms with Crippen LogP contribution in [0.2, 0.25) is 0 Å². The summed E-state index contributed by atoms with van der Waals surface area (Å²) in [5, 5.41) is 11.3. The Bertz CT molecular complexity index is 1120. The lowest BCUT2D eigenvalue weighted by molar-refractivity contribution is -0.128. The molecule has 32 heavy (non-hydrogen) atoms. The molecule has 2 aromatic rings. The van der Waals surface area contributed by atoms with E-state index in [2.05, 4.69) is 26.0 Å². The molecule has 8 nitrogen and oxygen atoms in total. The Kier molecular flexibility index (Phi) is 8.68. The van der Waals surface area contributed by atoms with Crippen LogP contribution in [0, 0.1) is 11.5 Å². The van der Waals surface area contributed by atoms with Crippen LogP contribution >= 0.6 is 15.9 Å². The van der Waals surface area contributed by atoms with Crippen LogP contribution in [0.5, 0.6) is 5.75 Å². The molecule has 12 heteroatoms. The predicted octanol–water partition coefficient (Wildman–Crippen LogP) is 2.70. The van der Waals surface area contributed by atoms with E-state index in [1.165, 1.54) is 36.4 Å². The Balaban J connectivity index is 2.26. The zero-order valence-corrected chi connectivity index (χ0v) is 19.1.